The average Bonchev–Trinajstić information content (AvgIpc) is 2.45. The van der Waals surface area contributed by atoms with E-state index < -0.39 is 32.6 Å². The van der Waals surface area contributed by atoms with Crippen molar-refractivity contribution in [3.05, 3.63) is 58.1 Å². The van der Waals surface area contributed by atoms with Gasteiger partial charge in [-0.1, -0.05) is 18.2 Å². The second kappa shape index (κ2) is 6.09. The number of rotatable bonds is 4. The van der Waals surface area contributed by atoms with Crippen LogP contribution in [-0.2, 0) is 16.4 Å². The number of benzene rings is 2. The van der Waals surface area contributed by atoms with E-state index in [0.29, 0.717) is 5.56 Å². The SMILES string of the molecule is NS(=O)(=O)Nc1ccc(-c2ccc(C(F)(F)F)cc2)cc1[N+](=O)[O-]. The molecule has 0 radical (unpaired) electrons. The first-order valence-electron chi connectivity index (χ1n) is 6.24. The van der Waals surface area contributed by atoms with Gasteiger partial charge in [0.1, 0.15) is 5.69 Å². The lowest BCUT2D eigenvalue weighted by atomic mass is 10.0. The molecule has 128 valence electrons. The van der Waals surface area contributed by atoms with Gasteiger partial charge in [0.15, 0.2) is 0 Å². The molecule has 0 unspecified atom stereocenters. The molecule has 0 heterocycles. The van der Waals surface area contributed by atoms with E-state index in [2.05, 4.69) is 0 Å². The Morgan fingerprint density at radius 3 is 2.04 bits per heavy atom. The van der Waals surface area contributed by atoms with Gasteiger partial charge in [0.2, 0.25) is 0 Å². The van der Waals surface area contributed by atoms with Crippen LogP contribution in [0.1, 0.15) is 5.56 Å². The Kier molecular flexibility index (Phi) is 4.49. The van der Waals surface area contributed by atoms with Crippen LogP contribution in [0.2, 0.25) is 0 Å². The van der Waals surface area contributed by atoms with E-state index in [1.807, 2.05) is 0 Å². The van der Waals surface area contributed by atoms with Crippen LogP contribution in [0.5, 0.6) is 0 Å². The zero-order valence-corrected chi connectivity index (χ0v) is 12.6. The van der Waals surface area contributed by atoms with Crippen LogP contribution in [0.15, 0.2) is 42.5 Å². The van der Waals surface area contributed by atoms with E-state index in [0.717, 1.165) is 36.4 Å². The maximum Gasteiger partial charge on any atom is 0.416 e. The highest BCUT2D eigenvalue weighted by Crippen LogP contribution is 2.33. The molecule has 2 aromatic rings. The van der Waals surface area contributed by atoms with E-state index >= 15 is 0 Å². The fourth-order valence-electron chi connectivity index (χ4n) is 1.95. The van der Waals surface area contributed by atoms with Crippen molar-refractivity contribution in [1.29, 1.82) is 0 Å². The lowest BCUT2D eigenvalue weighted by molar-refractivity contribution is -0.383. The molecule has 0 amide bonds. The van der Waals surface area contributed by atoms with Crippen LogP contribution in [0.25, 0.3) is 11.1 Å². The number of nitrogens with zero attached hydrogens (tertiary/aromatic N) is 1. The van der Waals surface area contributed by atoms with Crippen LogP contribution in [0.3, 0.4) is 0 Å². The largest absolute Gasteiger partial charge is 0.416 e. The first kappa shape index (κ1) is 17.7. The molecule has 0 aliphatic carbocycles. The molecule has 0 atom stereocenters. The number of nitrogens with two attached hydrogens (primary N) is 1. The second-order valence-electron chi connectivity index (χ2n) is 4.71. The first-order valence-corrected chi connectivity index (χ1v) is 7.78. The Morgan fingerprint density at radius 2 is 1.58 bits per heavy atom. The Bertz CT molecular complexity index is 880. The van der Waals surface area contributed by atoms with Crippen molar-refractivity contribution in [3.63, 3.8) is 0 Å². The van der Waals surface area contributed by atoms with E-state index in [1.54, 1.807) is 4.72 Å². The zero-order valence-electron chi connectivity index (χ0n) is 11.7. The maximum absolute atomic E-state index is 12.5. The second-order valence-corrected chi connectivity index (χ2v) is 6.01. The van der Waals surface area contributed by atoms with Crippen molar-refractivity contribution in [2.45, 2.75) is 6.18 Å². The smallest absolute Gasteiger partial charge is 0.264 e. The molecule has 0 bridgehead atoms. The summed E-state index contributed by atoms with van der Waals surface area (Å²) in [5.41, 5.74) is -1.24. The van der Waals surface area contributed by atoms with Crippen molar-refractivity contribution in [3.8, 4) is 11.1 Å². The third kappa shape index (κ3) is 4.20. The van der Waals surface area contributed by atoms with Gasteiger partial charge in [-0.25, -0.2) is 5.14 Å². The van der Waals surface area contributed by atoms with Gasteiger partial charge < -0.3 is 0 Å². The molecule has 3 N–H and O–H groups in total. The molecule has 0 aliphatic rings. The highest BCUT2D eigenvalue weighted by Gasteiger charge is 2.30. The molecular formula is C13H10F3N3O4S. The fraction of sp³-hybridized carbons (Fsp3) is 0.0769. The van der Waals surface area contributed by atoms with Gasteiger partial charge in [-0.05, 0) is 29.3 Å². The summed E-state index contributed by atoms with van der Waals surface area (Å²) in [5, 5.41) is 15.8. The Morgan fingerprint density at radius 1 is 1.04 bits per heavy atom. The van der Waals surface area contributed by atoms with Gasteiger partial charge in [-0.3, -0.25) is 14.8 Å². The highest BCUT2D eigenvalue weighted by atomic mass is 32.2. The molecule has 2 rings (SSSR count). The average molecular weight is 361 g/mol. The molecule has 0 spiro atoms. The molecular weight excluding hydrogens is 351 g/mol. The van der Waals surface area contributed by atoms with Gasteiger partial charge in [-0.15, -0.1) is 0 Å². The predicted octanol–water partition coefficient (Wildman–Crippen LogP) is 2.90. The molecule has 0 saturated carbocycles. The Hall–Kier alpha value is -2.66. The molecule has 11 heteroatoms. The van der Waals surface area contributed by atoms with Crippen molar-refractivity contribution in [2.75, 3.05) is 4.72 Å². The predicted molar refractivity (Wildman–Crippen MR) is 80.3 cm³/mol. The summed E-state index contributed by atoms with van der Waals surface area (Å²) >= 11 is 0. The highest BCUT2D eigenvalue weighted by molar-refractivity contribution is 7.90. The Balaban J connectivity index is 2.45. The summed E-state index contributed by atoms with van der Waals surface area (Å²) < 4.78 is 61.4. The van der Waals surface area contributed by atoms with Crippen LogP contribution >= 0.6 is 0 Å². The van der Waals surface area contributed by atoms with E-state index in [-0.39, 0.29) is 11.3 Å². The summed E-state index contributed by atoms with van der Waals surface area (Å²) in [4.78, 5) is 10.2. The zero-order chi connectivity index (χ0) is 18.1. The minimum atomic E-state index is -4.49. The fourth-order valence-corrected chi connectivity index (χ4v) is 2.43. The standard InChI is InChI=1S/C13H10F3N3O4S/c14-13(15,16)10-4-1-8(2-5-10)9-3-6-11(18-24(17,22)23)12(7-9)19(20)21/h1-7,18H,(H2,17,22,23). The molecule has 7 nitrogen and oxygen atoms in total. The molecule has 24 heavy (non-hydrogen) atoms. The van der Waals surface area contributed by atoms with Gasteiger partial charge in [0, 0.05) is 6.07 Å². The molecule has 2 aromatic carbocycles. The van der Waals surface area contributed by atoms with Gasteiger partial charge in [-0.2, -0.15) is 21.6 Å². The van der Waals surface area contributed by atoms with Gasteiger partial charge >= 0.3 is 6.18 Å². The topological polar surface area (TPSA) is 115 Å². The maximum atomic E-state index is 12.5. The summed E-state index contributed by atoms with van der Waals surface area (Å²) in [5.74, 6) is 0. The number of halogens is 3. The van der Waals surface area contributed by atoms with Crippen molar-refractivity contribution < 1.29 is 26.5 Å². The Labute approximate surface area is 134 Å². The number of hydrogen-bond donors (Lipinski definition) is 2. The van der Waals surface area contributed by atoms with E-state index in [4.69, 9.17) is 5.14 Å². The molecule has 0 aromatic heterocycles. The summed E-state index contributed by atoms with van der Waals surface area (Å²) in [6, 6.07) is 7.48. The molecule has 0 aliphatic heterocycles. The summed E-state index contributed by atoms with van der Waals surface area (Å²) in [7, 11) is -4.21. The number of alkyl halides is 3. The molecule has 0 saturated heterocycles. The number of nitro groups is 1. The van der Waals surface area contributed by atoms with E-state index in [9.17, 15) is 31.7 Å². The monoisotopic (exact) mass is 361 g/mol. The first-order chi connectivity index (χ1) is 11.0. The van der Waals surface area contributed by atoms with Gasteiger partial charge in [0.25, 0.3) is 15.9 Å². The number of nitrogens with one attached hydrogen (secondary N) is 1. The van der Waals surface area contributed by atoms with Gasteiger partial charge in [0.05, 0.1) is 10.5 Å². The van der Waals surface area contributed by atoms with Crippen molar-refractivity contribution >= 4 is 21.6 Å². The minimum Gasteiger partial charge on any atom is -0.264 e. The number of nitro benzene ring substituents is 1. The van der Waals surface area contributed by atoms with Crippen LogP contribution in [0, 0.1) is 10.1 Å². The molecule has 0 fully saturated rings. The number of anilines is 1. The third-order valence-corrected chi connectivity index (χ3v) is 3.50. The summed E-state index contributed by atoms with van der Waals surface area (Å²) in [6.45, 7) is 0. The number of hydrogen-bond acceptors (Lipinski definition) is 4. The normalized spacial score (nSPS) is 12.0. The van der Waals surface area contributed by atoms with Crippen LogP contribution < -0.4 is 9.86 Å². The third-order valence-electron chi connectivity index (χ3n) is 2.99. The lowest BCUT2D eigenvalue weighted by Crippen LogP contribution is -2.22. The lowest BCUT2D eigenvalue weighted by Gasteiger charge is -2.09. The van der Waals surface area contributed by atoms with Crippen molar-refractivity contribution in [1.82, 2.24) is 0 Å². The summed E-state index contributed by atoms with van der Waals surface area (Å²) in [6.07, 6.45) is -4.49. The van der Waals surface area contributed by atoms with E-state index in [1.165, 1.54) is 6.07 Å². The van der Waals surface area contributed by atoms with Crippen LogP contribution in [0.4, 0.5) is 24.5 Å². The van der Waals surface area contributed by atoms with Crippen LogP contribution in [-0.4, -0.2) is 13.3 Å². The van der Waals surface area contributed by atoms with Crippen molar-refractivity contribution in [2.24, 2.45) is 5.14 Å². The quantitative estimate of drug-likeness (QED) is 0.643. The minimum absolute atomic E-state index is 0.246.